The molecule has 1 aromatic rings. The van der Waals surface area contributed by atoms with Crippen LogP contribution >= 0.6 is 0 Å². The average molecular weight is 277 g/mol. The first kappa shape index (κ1) is 14.9. The molecule has 1 fully saturated rings. The Morgan fingerprint density at radius 1 is 1.35 bits per heavy atom. The molecule has 1 N–H and O–H groups in total. The van der Waals surface area contributed by atoms with Gasteiger partial charge in [-0.15, -0.1) is 0 Å². The number of piperidine rings is 1. The van der Waals surface area contributed by atoms with Gasteiger partial charge in [0.2, 0.25) is 0 Å². The zero-order valence-electron chi connectivity index (χ0n) is 12.1. The minimum atomic E-state index is -0.428. The van der Waals surface area contributed by atoms with Crippen LogP contribution in [0, 0.1) is 5.41 Å². The molecule has 0 unspecified atom stereocenters. The zero-order valence-corrected chi connectivity index (χ0v) is 12.1. The minimum Gasteiger partial charge on any atom is -0.494 e. The largest absolute Gasteiger partial charge is 0.494 e. The molecule has 0 saturated carbocycles. The number of ether oxygens (including phenoxy) is 2. The van der Waals surface area contributed by atoms with Gasteiger partial charge in [0.05, 0.1) is 18.6 Å². The molecule has 0 radical (unpaired) electrons. The summed E-state index contributed by atoms with van der Waals surface area (Å²) < 4.78 is 11.0. The van der Waals surface area contributed by atoms with Crippen molar-refractivity contribution in [3.05, 3.63) is 30.3 Å². The molecule has 1 saturated heterocycles. The first-order valence-electron chi connectivity index (χ1n) is 7.33. The predicted molar refractivity (Wildman–Crippen MR) is 77.7 cm³/mol. The fourth-order valence-electron chi connectivity index (χ4n) is 2.62. The Morgan fingerprint density at radius 2 is 2.15 bits per heavy atom. The maximum atomic E-state index is 12.2. The summed E-state index contributed by atoms with van der Waals surface area (Å²) in [7, 11) is 0. The maximum absolute atomic E-state index is 12.2. The van der Waals surface area contributed by atoms with E-state index in [-0.39, 0.29) is 5.97 Å². The van der Waals surface area contributed by atoms with Crippen LogP contribution in [0.2, 0.25) is 0 Å². The number of rotatable bonds is 6. The number of hydrogen-bond acceptors (Lipinski definition) is 4. The van der Waals surface area contributed by atoms with Crippen molar-refractivity contribution in [2.24, 2.45) is 5.41 Å². The molecule has 20 heavy (non-hydrogen) atoms. The van der Waals surface area contributed by atoms with E-state index in [1.54, 1.807) is 0 Å². The summed E-state index contributed by atoms with van der Waals surface area (Å²) in [5.74, 6) is 0.749. The van der Waals surface area contributed by atoms with Gasteiger partial charge in [-0.05, 0) is 44.9 Å². The molecule has 1 atom stereocenters. The Hall–Kier alpha value is -1.55. The van der Waals surface area contributed by atoms with Gasteiger partial charge >= 0.3 is 5.97 Å². The predicted octanol–water partition coefficient (Wildman–Crippen LogP) is 2.39. The SMILES string of the molecule is CCOC(=O)[C@@]1(CCOc2ccccc2)CCCNC1. The fraction of sp³-hybridized carbons (Fsp3) is 0.562. The summed E-state index contributed by atoms with van der Waals surface area (Å²) in [5, 5.41) is 3.31. The van der Waals surface area contributed by atoms with Gasteiger partial charge in [0.15, 0.2) is 0 Å². The molecule has 1 aromatic carbocycles. The van der Waals surface area contributed by atoms with E-state index >= 15 is 0 Å². The van der Waals surface area contributed by atoms with E-state index in [9.17, 15) is 4.79 Å². The lowest BCUT2D eigenvalue weighted by atomic mass is 9.78. The van der Waals surface area contributed by atoms with Gasteiger partial charge in [-0.25, -0.2) is 0 Å². The van der Waals surface area contributed by atoms with Crippen molar-refractivity contribution in [2.45, 2.75) is 26.2 Å². The van der Waals surface area contributed by atoms with Crippen LogP contribution in [-0.4, -0.2) is 32.3 Å². The summed E-state index contributed by atoms with van der Waals surface area (Å²) >= 11 is 0. The normalized spacial score (nSPS) is 22.2. The summed E-state index contributed by atoms with van der Waals surface area (Å²) in [6, 6.07) is 9.70. The number of benzene rings is 1. The van der Waals surface area contributed by atoms with Gasteiger partial charge in [-0.1, -0.05) is 18.2 Å². The third-order valence-electron chi connectivity index (χ3n) is 3.77. The molecule has 1 aliphatic rings. The molecule has 0 amide bonds. The standard InChI is InChI=1S/C16H23NO3/c1-2-19-15(18)16(9-6-11-17-13-16)10-12-20-14-7-4-3-5-8-14/h3-5,7-8,17H,2,6,9-13H2,1H3/t16-/m1/s1. The Bertz CT molecular complexity index is 413. The first-order chi connectivity index (χ1) is 9.77. The van der Waals surface area contributed by atoms with E-state index in [0.717, 1.165) is 25.1 Å². The number of esters is 1. The molecule has 1 aliphatic heterocycles. The van der Waals surface area contributed by atoms with Gasteiger partial charge < -0.3 is 14.8 Å². The molecule has 0 aromatic heterocycles. The summed E-state index contributed by atoms with van der Waals surface area (Å²) in [5.41, 5.74) is -0.428. The molecule has 0 aliphatic carbocycles. The van der Waals surface area contributed by atoms with Gasteiger partial charge in [0, 0.05) is 6.54 Å². The third-order valence-corrected chi connectivity index (χ3v) is 3.77. The van der Waals surface area contributed by atoms with Gasteiger partial charge in [-0.3, -0.25) is 4.79 Å². The number of nitrogens with one attached hydrogen (secondary N) is 1. The van der Waals surface area contributed by atoms with Crippen molar-refractivity contribution in [1.82, 2.24) is 5.32 Å². The van der Waals surface area contributed by atoms with E-state index in [4.69, 9.17) is 9.47 Å². The van der Waals surface area contributed by atoms with Crippen LogP contribution in [0.15, 0.2) is 30.3 Å². The van der Waals surface area contributed by atoms with Gasteiger partial charge in [0.1, 0.15) is 5.75 Å². The van der Waals surface area contributed by atoms with Crippen LogP contribution in [0.4, 0.5) is 0 Å². The summed E-state index contributed by atoms with van der Waals surface area (Å²) in [6.45, 7) is 4.47. The highest BCUT2D eigenvalue weighted by Gasteiger charge is 2.40. The number of para-hydroxylation sites is 1. The lowest BCUT2D eigenvalue weighted by molar-refractivity contribution is -0.157. The van der Waals surface area contributed by atoms with Gasteiger partial charge in [-0.2, -0.15) is 0 Å². The Balaban J connectivity index is 1.92. The highest BCUT2D eigenvalue weighted by atomic mass is 16.5. The third kappa shape index (κ3) is 3.73. The number of carbonyl (C=O) groups excluding carboxylic acids is 1. The topological polar surface area (TPSA) is 47.6 Å². The van der Waals surface area contributed by atoms with Crippen molar-refractivity contribution < 1.29 is 14.3 Å². The van der Waals surface area contributed by atoms with Crippen molar-refractivity contribution in [2.75, 3.05) is 26.3 Å². The van der Waals surface area contributed by atoms with Crippen molar-refractivity contribution in [3.8, 4) is 5.75 Å². The fourth-order valence-corrected chi connectivity index (χ4v) is 2.62. The smallest absolute Gasteiger partial charge is 0.313 e. The Morgan fingerprint density at radius 3 is 2.80 bits per heavy atom. The van der Waals surface area contributed by atoms with Crippen LogP contribution in [-0.2, 0) is 9.53 Å². The quantitative estimate of drug-likeness (QED) is 0.811. The second-order valence-corrected chi connectivity index (χ2v) is 5.19. The van der Waals surface area contributed by atoms with Gasteiger partial charge in [0.25, 0.3) is 0 Å². The van der Waals surface area contributed by atoms with E-state index in [2.05, 4.69) is 5.32 Å². The molecule has 1 heterocycles. The highest BCUT2D eigenvalue weighted by molar-refractivity contribution is 5.77. The van der Waals surface area contributed by atoms with Crippen molar-refractivity contribution >= 4 is 5.97 Å². The molecule has 2 rings (SSSR count). The van der Waals surface area contributed by atoms with E-state index in [0.29, 0.717) is 26.2 Å². The molecule has 0 bridgehead atoms. The van der Waals surface area contributed by atoms with Crippen molar-refractivity contribution in [1.29, 1.82) is 0 Å². The van der Waals surface area contributed by atoms with E-state index in [1.165, 1.54) is 0 Å². The number of hydrogen-bond donors (Lipinski definition) is 1. The maximum Gasteiger partial charge on any atom is 0.313 e. The lowest BCUT2D eigenvalue weighted by Gasteiger charge is -2.35. The average Bonchev–Trinajstić information content (AvgIpc) is 2.49. The number of carbonyl (C=O) groups is 1. The van der Waals surface area contributed by atoms with Crippen LogP contribution in [0.25, 0.3) is 0 Å². The summed E-state index contributed by atoms with van der Waals surface area (Å²) in [4.78, 5) is 12.2. The van der Waals surface area contributed by atoms with E-state index < -0.39 is 5.41 Å². The van der Waals surface area contributed by atoms with Crippen LogP contribution < -0.4 is 10.1 Å². The second-order valence-electron chi connectivity index (χ2n) is 5.19. The lowest BCUT2D eigenvalue weighted by Crippen LogP contribution is -2.47. The molecular weight excluding hydrogens is 254 g/mol. The molecular formula is C16H23NO3. The molecule has 110 valence electrons. The van der Waals surface area contributed by atoms with Crippen LogP contribution in [0.1, 0.15) is 26.2 Å². The Kier molecular flexibility index (Phi) is 5.41. The molecule has 0 spiro atoms. The molecule has 4 heteroatoms. The Labute approximate surface area is 120 Å². The van der Waals surface area contributed by atoms with E-state index in [1.807, 2.05) is 37.3 Å². The van der Waals surface area contributed by atoms with Crippen molar-refractivity contribution in [3.63, 3.8) is 0 Å². The van der Waals surface area contributed by atoms with Crippen LogP contribution in [0.3, 0.4) is 0 Å². The zero-order chi connectivity index (χ0) is 14.3. The highest BCUT2D eigenvalue weighted by Crippen LogP contribution is 2.32. The van der Waals surface area contributed by atoms with Crippen LogP contribution in [0.5, 0.6) is 5.75 Å². The minimum absolute atomic E-state index is 0.0936. The summed E-state index contributed by atoms with van der Waals surface area (Å²) in [6.07, 6.45) is 2.56. The monoisotopic (exact) mass is 277 g/mol. The molecule has 4 nitrogen and oxygen atoms in total. The second kappa shape index (κ2) is 7.29. The first-order valence-corrected chi connectivity index (χ1v) is 7.33.